The number of aromatic nitrogens is 3. The van der Waals surface area contributed by atoms with Gasteiger partial charge in [-0.15, -0.1) is 10.2 Å². The zero-order valence-electron chi connectivity index (χ0n) is 17.5. The number of ether oxygens (including phenoxy) is 1. The van der Waals surface area contributed by atoms with E-state index in [0.717, 1.165) is 9.47 Å². The lowest BCUT2D eigenvalue weighted by atomic mass is 10.1. The molecule has 182 valence electrons. The molecule has 1 aromatic carbocycles. The number of carbonyl (C=O) groups is 2. The number of rotatable bonds is 4. The van der Waals surface area contributed by atoms with Gasteiger partial charge in [0.2, 0.25) is 11.7 Å². The first-order valence-electron chi connectivity index (χ1n) is 10.2. The Hall–Kier alpha value is -3.75. The number of aliphatic hydroxyl groups excluding tert-OH is 1. The highest BCUT2D eigenvalue weighted by Crippen LogP contribution is 2.30. The second-order valence-electron chi connectivity index (χ2n) is 7.88. The Morgan fingerprint density at radius 2 is 1.91 bits per heavy atom. The molecule has 0 unspecified atom stereocenters. The Bertz CT molecular complexity index is 1100. The maximum atomic E-state index is 13.1. The molecule has 2 aromatic rings. The summed E-state index contributed by atoms with van der Waals surface area (Å²) in [5.41, 5.74) is 0.362. The van der Waals surface area contributed by atoms with Crippen molar-refractivity contribution in [3.8, 4) is 0 Å². The maximum Gasteiger partial charge on any atom is 0.451 e. The number of carbonyl (C=O) groups excluding carboxylic acids is 2. The van der Waals surface area contributed by atoms with Crippen LogP contribution in [0.1, 0.15) is 23.6 Å². The third-order valence-corrected chi connectivity index (χ3v) is 5.63. The summed E-state index contributed by atoms with van der Waals surface area (Å²) in [4.78, 5) is 38.2. The minimum Gasteiger partial charge on any atom is -0.445 e. The number of hydrogen-bond acceptors (Lipinski definition) is 8. The smallest absolute Gasteiger partial charge is 0.445 e. The number of fused-ring (bicyclic) bond motifs is 1. The molecule has 0 radical (unpaired) electrons. The van der Waals surface area contributed by atoms with E-state index >= 15 is 0 Å². The lowest BCUT2D eigenvalue weighted by Gasteiger charge is -2.32. The molecular weight excluding hydrogens is 465 g/mol. The molecule has 15 heteroatoms. The van der Waals surface area contributed by atoms with Gasteiger partial charge in [0.05, 0.1) is 24.1 Å². The molecule has 2 aliphatic rings. The fourth-order valence-corrected chi connectivity index (χ4v) is 3.96. The van der Waals surface area contributed by atoms with Crippen molar-refractivity contribution in [3.05, 3.63) is 51.6 Å². The zero-order chi connectivity index (χ0) is 24.6. The van der Waals surface area contributed by atoms with Crippen LogP contribution in [0.5, 0.6) is 0 Å². The summed E-state index contributed by atoms with van der Waals surface area (Å²) in [5, 5.41) is 27.5. The van der Waals surface area contributed by atoms with E-state index in [9.17, 15) is 38.0 Å². The Morgan fingerprint density at radius 3 is 2.56 bits per heavy atom. The number of nitro benzene ring substituents is 1. The zero-order valence-corrected chi connectivity index (χ0v) is 17.5. The summed E-state index contributed by atoms with van der Waals surface area (Å²) >= 11 is 0. The fourth-order valence-electron chi connectivity index (χ4n) is 3.96. The fraction of sp³-hybridized carbons (Fsp3) is 0.474. The Labute approximate surface area is 189 Å². The molecule has 0 spiro atoms. The van der Waals surface area contributed by atoms with Crippen LogP contribution in [0.2, 0.25) is 0 Å². The Morgan fingerprint density at radius 1 is 1.21 bits per heavy atom. The van der Waals surface area contributed by atoms with Crippen molar-refractivity contribution in [1.82, 2.24) is 24.6 Å². The van der Waals surface area contributed by atoms with Gasteiger partial charge in [-0.3, -0.25) is 19.8 Å². The van der Waals surface area contributed by atoms with Gasteiger partial charge in [-0.2, -0.15) is 13.2 Å². The largest absolute Gasteiger partial charge is 0.451 e. The van der Waals surface area contributed by atoms with Crippen molar-refractivity contribution < 1.29 is 37.5 Å². The van der Waals surface area contributed by atoms with Crippen molar-refractivity contribution in [2.45, 2.75) is 44.4 Å². The highest BCUT2D eigenvalue weighted by molar-refractivity contribution is 5.86. The van der Waals surface area contributed by atoms with E-state index in [1.165, 1.54) is 29.2 Å². The van der Waals surface area contributed by atoms with Crippen LogP contribution in [0.3, 0.4) is 0 Å². The van der Waals surface area contributed by atoms with Gasteiger partial charge in [0.1, 0.15) is 12.6 Å². The highest BCUT2D eigenvalue weighted by Gasteiger charge is 2.44. The van der Waals surface area contributed by atoms with Crippen molar-refractivity contribution >= 4 is 17.7 Å². The van der Waals surface area contributed by atoms with Gasteiger partial charge in [0.25, 0.3) is 5.69 Å². The van der Waals surface area contributed by atoms with Gasteiger partial charge in [0, 0.05) is 31.6 Å². The average Bonchev–Trinajstić information content (AvgIpc) is 3.40. The van der Waals surface area contributed by atoms with E-state index in [-0.39, 0.29) is 50.7 Å². The number of alkyl halides is 3. The number of benzene rings is 1. The van der Waals surface area contributed by atoms with E-state index in [0.29, 0.717) is 5.56 Å². The Balaban J connectivity index is 1.40. The molecule has 1 saturated heterocycles. The lowest BCUT2D eigenvalue weighted by Crippen LogP contribution is -2.50. The van der Waals surface area contributed by atoms with Crippen LogP contribution in [0.4, 0.5) is 23.7 Å². The average molecular weight is 484 g/mol. The summed E-state index contributed by atoms with van der Waals surface area (Å²) in [6, 6.07) is 4.30. The number of nitro groups is 1. The number of β-amino-alcohol motifs (C(OH)–C–C–N with tert-alkyl or cyclic N) is 1. The Kier molecular flexibility index (Phi) is 6.12. The molecule has 2 amide bonds. The molecular formula is C19H19F3N6O6. The molecule has 1 fully saturated rings. The van der Waals surface area contributed by atoms with Crippen LogP contribution < -0.4 is 0 Å². The number of aliphatic hydroxyl groups is 1. The van der Waals surface area contributed by atoms with Crippen LogP contribution in [0.25, 0.3) is 0 Å². The first-order chi connectivity index (χ1) is 16.0. The van der Waals surface area contributed by atoms with Gasteiger partial charge in [-0.1, -0.05) is 0 Å². The molecule has 0 saturated carbocycles. The minimum atomic E-state index is -4.67. The van der Waals surface area contributed by atoms with E-state index in [4.69, 9.17) is 4.74 Å². The number of amides is 2. The first kappa shape index (κ1) is 23.4. The first-order valence-corrected chi connectivity index (χ1v) is 10.2. The van der Waals surface area contributed by atoms with E-state index in [1.54, 1.807) is 0 Å². The van der Waals surface area contributed by atoms with Gasteiger partial charge in [-0.05, 0) is 17.7 Å². The molecule has 1 aromatic heterocycles. The summed E-state index contributed by atoms with van der Waals surface area (Å²) in [6.07, 6.45) is -6.57. The normalized spacial score (nSPS) is 20.2. The quantitative estimate of drug-likeness (QED) is 0.506. The van der Waals surface area contributed by atoms with Crippen molar-refractivity contribution in [2.24, 2.45) is 0 Å². The molecule has 1 N–H and O–H groups in total. The maximum absolute atomic E-state index is 13.1. The van der Waals surface area contributed by atoms with Gasteiger partial charge in [-0.25, -0.2) is 4.79 Å². The number of hydrogen-bond donors (Lipinski definition) is 1. The standard InChI is InChI=1S/C19H19F3N6O6/c20-19(21,22)17-24-23-15-9-25(5-6-26(15)17)16(30)14-7-13(29)8-27(14)18(31)34-10-11-1-3-12(4-2-11)28(32)33/h1-4,13-14,29H,5-10H2/t13-,14+/m1/s1. The predicted octanol–water partition coefficient (Wildman–Crippen LogP) is 1.32. The van der Waals surface area contributed by atoms with Gasteiger partial charge < -0.3 is 19.3 Å². The van der Waals surface area contributed by atoms with Crippen LogP contribution in [-0.2, 0) is 35.4 Å². The molecule has 12 nitrogen and oxygen atoms in total. The summed E-state index contributed by atoms with van der Waals surface area (Å²) in [7, 11) is 0. The van der Waals surface area contributed by atoms with Crippen molar-refractivity contribution in [2.75, 3.05) is 13.1 Å². The minimum absolute atomic E-state index is 0.0298. The van der Waals surface area contributed by atoms with Crippen LogP contribution in [0.15, 0.2) is 24.3 Å². The molecule has 0 bridgehead atoms. The summed E-state index contributed by atoms with van der Waals surface area (Å²) < 4.78 is 45.2. The summed E-state index contributed by atoms with van der Waals surface area (Å²) in [6.45, 7) is -0.802. The molecule has 0 aliphatic carbocycles. The molecule has 2 atom stereocenters. The van der Waals surface area contributed by atoms with Gasteiger partial charge in [0.15, 0.2) is 5.82 Å². The lowest BCUT2D eigenvalue weighted by molar-refractivity contribution is -0.384. The van der Waals surface area contributed by atoms with E-state index in [1.807, 2.05) is 0 Å². The molecule has 34 heavy (non-hydrogen) atoms. The molecule has 2 aliphatic heterocycles. The van der Waals surface area contributed by atoms with Crippen LogP contribution in [-0.4, -0.2) is 71.8 Å². The number of halogens is 3. The van der Waals surface area contributed by atoms with E-state index < -0.39 is 41.1 Å². The van der Waals surface area contributed by atoms with Crippen molar-refractivity contribution in [3.63, 3.8) is 0 Å². The highest BCUT2D eigenvalue weighted by atomic mass is 19.4. The topological polar surface area (TPSA) is 144 Å². The van der Waals surface area contributed by atoms with Crippen molar-refractivity contribution in [1.29, 1.82) is 0 Å². The number of nitrogens with zero attached hydrogens (tertiary/aromatic N) is 6. The van der Waals surface area contributed by atoms with Gasteiger partial charge >= 0.3 is 12.3 Å². The monoisotopic (exact) mass is 484 g/mol. The number of non-ortho nitro benzene ring substituents is 1. The van der Waals surface area contributed by atoms with E-state index in [2.05, 4.69) is 10.2 Å². The third-order valence-electron chi connectivity index (χ3n) is 5.63. The third kappa shape index (κ3) is 4.64. The molecule has 3 heterocycles. The second kappa shape index (κ2) is 8.89. The predicted molar refractivity (Wildman–Crippen MR) is 105 cm³/mol. The van der Waals surface area contributed by atoms with Crippen LogP contribution >= 0.6 is 0 Å². The number of likely N-dealkylation sites (tertiary alicyclic amines) is 1. The van der Waals surface area contributed by atoms with Crippen LogP contribution in [0, 0.1) is 10.1 Å². The summed E-state index contributed by atoms with van der Waals surface area (Å²) in [5.74, 6) is -1.72. The SMILES string of the molecule is O=C([C@@H]1C[C@@H](O)CN1C(=O)OCc1ccc([N+](=O)[O-])cc1)N1CCn2c(nnc2C(F)(F)F)C1. The second-order valence-corrected chi connectivity index (χ2v) is 7.88. The molecule has 4 rings (SSSR count).